The lowest BCUT2D eigenvalue weighted by Gasteiger charge is -2.14. The van der Waals surface area contributed by atoms with E-state index in [-0.39, 0.29) is 11.3 Å². The number of amides is 1. The summed E-state index contributed by atoms with van der Waals surface area (Å²) < 4.78 is 0. The van der Waals surface area contributed by atoms with Crippen LogP contribution in [0.25, 0.3) is 0 Å². The number of carbonyl (C=O) groups is 1. The fourth-order valence-electron chi connectivity index (χ4n) is 1.90. The summed E-state index contributed by atoms with van der Waals surface area (Å²) in [7, 11) is 1.81. The van der Waals surface area contributed by atoms with E-state index in [9.17, 15) is 4.79 Å². The van der Waals surface area contributed by atoms with E-state index in [0.29, 0.717) is 10.7 Å². The van der Waals surface area contributed by atoms with Crippen LogP contribution in [-0.4, -0.2) is 17.9 Å². The van der Waals surface area contributed by atoms with Crippen molar-refractivity contribution in [1.82, 2.24) is 4.98 Å². The van der Waals surface area contributed by atoms with Crippen LogP contribution in [-0.2, 0) is 5.41 Å². The first-order valence-corrected chi connectivity index (χ1v) is 7.75. The lowest BCUT2D eigenvalue weighted by Crippen LogP contribution is -2.15. The van der Waals surface area contributed by atoms with E-state index in [4.69, 9.17) is 0 Å². The molecule has 0 radical (unpaired) electrons. The summed E-state index contributed by atoms with van der Waals surface area (Å²) in [5, 5.41) is 8.55. The molecule has 21 heavy (non-hydrogen) atoms. The molecular weight excluding hydrogens is 282 g/mol. The summed E-state index contributed by atoms with van der Waals surface area (Å²) >= 11 is 1.45. The van der Waals surface area contributed by atoms with Gasteiger partial charge in [-0.1, -0.05) is 26.8 Å². The zero-order valence-corrected chi connectivity index (χ0v) is 13.9. The maximum atomic E-state index is 12.4. The molecular formula is C16H21N3OS. The fraction of sp³-hybridized carbons (Fsp3) is 0.375. The molecule has 0 fully saturated rings. The molecule has 0 aliphatic rings. The SMILES string of the molecule is CNc1cc(C)ccc1C(=O)Nc1nc(C(C)(C)C)cs1. The van der Waals surface area contributed by atoms with Crippen molar-refractivity contribution >= 4 is 28.1 Å². The topological polar surface area (TPSA) is 54.0 Å². The van der Waals surface area contributed by atoms with Gasteiger partial charge in [0.25, 0.3) is 5.91 Å². The second-order valence-corrected chi connectivity index (χ2v) is 6.90. The smallest absolute Gasteiger partial charge is 0.259 e. The molecule has 2 N–H and O–H groups in total. The van der Waals surface area contributed by atoms with Gasteiger partial charge in [-0.05, 0) is 24.6 Å². The molecule has 0 atom stereocenters. The van der Waals surface area contributed by atoms with Gasteiger partial charge in [-0.3, -0.25) is 10.1 Å². The number of nitrogens with one attached hydrogen (secondary N) is 2. The molecule has 1 amide bonds. The van der Waals surface area contributed by atoms with Crippen molar-refractivity contribution in [1.29, 1.82) is 0 Å². The van der Waals surface area contributed by atoms with E-state index in [1.165, 1.54) is 11.3 Å². The molecule has 0 aliphatic carbocycles. The molecule has 5 heteroatoms. The first-order valence-electron chi connectivity index (χ1n) is 6.87. The van der Waals surface area contributed by atoms with Gasteiger partial charge in [0.2, 0.25) is 0 Å². The van der Waals surface area contributed by atoms with E-state index in [2.05, 4.69) is 36.4 Å². The Morgan fingerprint density at radius 3 is 2.57 bits per heavy atom. The maximum Gasteiger partial charge on any atom is 0.259 e. The number of thiazole rings is 1. The van der Waals surface area contributed by atoms with Crippen molar-refractivity contribution in [2.24, 2.45) is 0 Å². The van der Waals surface area contributed by atoms with E-state index < -0.39 is 0 Å². The van der Waals surface area contributed by atoms with Crippen LogP contribution < -0.4 is 10.6 Å². The molecule has 2 aromatic rings. The summed E-state index contributed by atoms with van der Waals surface area (Å²) in [4.78, 5) is 16.9. The number of aryl methyl sites for hydroxylation is 1. The monoisotopic (exact) mass is 303 g/mol. The van der Waals surface area contributed by atoms with Crippen LogP contribution in [0.3, 0.4) is 0 Å². The standard InChI is InChI=1S/C16H21N3OS/c1-10-6-7-11(12(8-10)17-5)14(20)19-15-18-13(9-21-15)16(2,3)4/h6-9,17H,1-5H3,(H,18,19,20). The normalized spacial score (nSPS) is 11.3. The van der Waals surface area contributed by atoms with Crippen LogP contribution in [0, 0.1) is 6.92 Å². The molecule has 1 heterocycles. The van der Waals surface area contributed by atoms with Crippen LogP contribution in [0.5, 0.6) is 0 Å². The third-order valence-corrected chi connectivity index (χ3v) is 3.94. The Kier molecular flexibility index (Phi) is 4.32. The Labute approximate surface area is 129 Å². The first kappa shape index (κ1) is 15.5. The van der Waals surface area contributed by atoms with Gasteiger partial charge in [-0.15, -0.1) is 11.3 Å². The zero-order valence-electron chi connectivity index (χ0n) is 13.1. The number of nitrogens with zero attached hydrogens (tertiary/aromatic N) is 1. The molecule has 0 unspecified atom stereocenters. The highest BCUT2D eigenvalue weighted by Crippen LogP contribution is 2.27. The number of carbonyl (C=O) groups excluding carboxylic acids is 1. The van der Waals surface area contributed by atoms with Crippen LogP contribution in [0.4, 0.5) is 10.8 Å². The molecule has 2 rings (SSSR count). The van der Waals surface area contributed by atoms with E-state index in [1.807, 2.05) is 37.6 Å². The second-order valence-electron chi connectivity index (χ2n) is 6.04. The molecule has 112 valence electrons. The van der Waals surface area contributed by atoms with Gasteiger partial charge in [0.15, 0.2) is 5.13 Å². The summed E-state index contributed by atoms with van der Waals surface area (Å²) in [5.41, 5.74) is 3.52. The molecule has 1 aromatic carbocycles. The third kappa shape index (κ3) is 3.61. The Balaban J connectivity index is 2.20. The van der Waals surface area contributed by atoms with Gasteiger partial charge in [0, 0.05) is 23.5 Å². The number of hydrogen-bond donors (Lipinski definition) is 2. The van der Waals surface area contributed by atoms with E-state index in [1.54, 1.807) is 0 Å². The van der Waals surface area contributed by atoms with Crippen molar-refractivity contribution in [3.8, 4) is 0 Å². The fourth-order valence-corrected chi connectivity index (χ4v) is 2.84. The average molecular weight is 303 g/mol. The molecule has 0 bridgehead atoms. The van der Waals surface area contributed by atoms with Crippen LogP contribution in [0.15, 0.2) is 23.6 Å². The molecule has 4 nitrogen and oxygen atoms in total. The van der Waals surface area contributed by atoms with Gasteiger partial charge >= 0.3 is 0 Å². The van der Waals surface area contributed by atoms with Crippen molar-refractivity contribution in [3.63, 3.8) is 0 Å². The van der Waals surface area contributed by atoms with Gasteiger partial charge in [0.05, 0.1) is 11.3 Å². The van der Waals surface area contributed by atoms with Crippen LogP contribution >= 0.6 is 11.3 Å². The molecule has 0 spiro atoms. The average Bonchev–Trinajstić information content (AvgIpc) is 2.86. The summed E-state index contributed by atoms with van der Waals surface area (Å²) in [5.74, 6) is -0.144. The number of benzene rings is 1. The Morgan fingerprint density at radius 1 is 1.29 bits per heavy atom. The van der Waals surface area contributed by atoms with E-state index in [0.717, 1.165) is 16.9 Å². The third-order valence-electron chi connectivity index (χ3n) is 3.18. The number of anilines is 2. The highest BCUT2D eigenvalue weighted by Gasteiger charge is 2.19. The first-order chi connectivity index (χ1) is 9.81. The highest BCUT2D eigenvalue weighted by atomic mass is 32.1. The van der Waals surface area contributed by atoms with Crippen LogP contribution in [0.1, 0.15) is 42.4 Å². The minimum atomic E-state index is -0.144. The summed E-state index contributed by atoms with van der Waals surface area (Å²) in [6, 6.07) is 5.71. The quantitative estimate of drug-likeness (QED) is 0.899. The minimum Gasteiger partial charge on any atom is -0.387 e. The Morgan fingerprint density at radius 2 is 2.00 bits per heavy atom. The Bertz CT molecular complexity index is 656. The number of aromatic nitrogens is 1. The minimum absolute atomic E-state index is 0.0144. The predicted molar refractivity (Wildman–Crippen MR) is 89.5 cm³/mol. The van der Waals surface area contributed by atoms with Crippen LogP contribution in [0.2, 0.25) is 0 Å². The number of hydrogen-bond acceptors (Lipinski definition) is 4. The maximum absolute atomic E-state index is 12.4. The van der Waals surface area contributed by atoms with Crippen molar-refractivity contribution < 1.29 is 4.79 Å². The largest absolute Gasteiger partial charge is 0.387 e. The Hall–Kier alpha value is -1.88. The van der Waals surface area contributed by atoms with Crippen molar-refractivity contribution in [2.45, 2.75) is 33.1 Å². The van der Waals surface area contributed by atoms with Crippen molar-refractivity contribution in [3.05, 3.63) is 40.4 Å². The number of rotatable bonds is 3. The highest BCUT2D eigenvalue weighted by molar-refractivity contribution is 7.14. The predicted octanol–water partition coefficient (Wildman–Crippen LogP) is 4.04. The molecule has 0 saturated heterocycles. The molecule has 1 aromatic heterocycles. The van der Waals surface area contributed by atoms with Gasteiger partial charge in [-0.25, -0.2) is 4.98 Å². The molecule has 0 saturated carbocycles. The lowest BCUT2D eigenvalue weighted by atomic mass is 9.93. The van der Waals surface area contributed by atoms with Crippen molar-refractivity contribution in [2.75, 3.05) is 17.7 Å². The summed E-state index contributed by atoms with van der Waals surface area (Å²) in [6.45, 7) is 8.31. The van der Waals surface area contributed by atoms with E-state index >= 15 is 0 Å². The lowest BCUT2D eigenvalue weighted by molar-refractivity contribution is 0.102. The van der Waals surface area contributed by atoms with Gasteiger partial charge in [-0.2, -0.15) is 0 Å². The van der Waals surface area contributed by atoms with Gasteiger partial charge < -0.3 is 5.32 Å². The summed E-state index contributed by atoms with van der Waals surface area (Å²) in [6.07, 6.45) is 0. The molecule has 0 aliphatic heterocycles. The second kappa shape index (κ2) is 5.85. The van der Waals surface area contributed by atoms with Gasteiger partial charge in [0.1, 0.15) is 0 Å². The zero-order chi connectivity index (χ0) is 15.6.